The molecular formula is C19H22N6O. The highest BCUT2D eigenvalue weighted by molar-refractivity contribution is 5.95. The van der Waals surface area contributed by atoms with Crippen LogP contribution in [0.3, 0.4) is 0 Å². The molecule has 26 heavy (non-hydrogen) atoms. The second-order valence-corrected chi connectivity index (χ2v) is 6.72. The van der Waals surface area contributed by atoms with E-state index in [2.05, 4.69) is 37.3 Å². The normalized spacial score (nSPS) is 14.2. The molecule has 0 saturated carbocycles. The second-order valence-electron chi connectivity index (χ2n) is 6.72. The van der Waals surface area contributed by atoms with Gasteiger partial charge in [-0.15, -0.1) is 10.2 Å². The molecule has 1 aliphatic heterocycles. The van der Waals surface area contributed by atoms with Crippen LogP contribution in [-0.4, -0.2) is 30.5 Å². The van der Waals surface area contributed by atoms with Crippen LogP contribution in [0.15, 0.2) is 36.5 Å². The Kier molecular flexibility index (Phi) is 4.28. The fourth-order valence-electron chi connectivity index (χ4n) is 3.48. The maximum atomic E-state index is 12.9. The minimum absolute atomic E-state index is 0.133. The standard InChI is InChI=1S/C19H22N6O/c1-13(18-23-22-17-9-6-10-25(17)18)21-19(26)15-12-20-24(2)16(15)11-14-7-4-3-5-8-14/h3-5,7-8,12-13H,6,9-11H2,1-2H3,(H,21,26). The first kappa shape index (κ1) is 16.5. The van der Waals surface area contributed by atoms with Crippen LogP contribution in [0.5, 0.6) is 0 Å². The maximum Gasteiger partial charge on any atom is 0.255 e. The number of hydrogen-bond acceptors (Lipinski definition) is 4. The molecule has 7 nitrogen and oxygen atoms in total. The highest BCUT2D eigenvalue weighted by Gasteiger charge is 2.24. The Balaban J connectivity index is 1.53. The second kappa shape index (κ2) is 6.74. The number of benzene rings is 1. The lowest BCUT2D eigenvalue weighted by Gasteiger charge is -2.14. The summed E-state index contributed by atoms with van der Waals surface area (Å²) in [4.78, 5) is 12.9. The van der Waals surface area contributed by atoms with Crippen LogP contribution in [0.4, 0.5) is 0 Å². The number of carbonyl (C=O) groups excluding carboxylic acids is 1. The van der Waals surface area contributed by atoms with E-state index in [9.17, 15) is 4.79 Å². The molecule has 4 rings (SSSR count). The van der Waals surface area contributed by atoms with E-state index in [0.29, 0.717) is 12.0 Å². The average Bonchev–Trinajstić information content (AvgIpc) is 3.32. The van der Waals surface area contributed by atoms with Crippen molar-refractivity contribution >= 4 is 5.91 Å². The van der Waals surface area contributed by atoms with Crippen LogP contribution in [0, 0.1) is 0 Å². The summed E-state index contributed by atoms with van der Waals surface area (Å²) in [5.74, 6) is 1.69. The lowest BCUT2D eigenvalue weighted by molar-refractivity contribution is 0.0936. The summed E-state index contributed by atoms with van der Waals surface area (Å²) < 4.78 is 3.88. The van der Waals surface area contributed by atoms with E-state index >= 15 is 0 Å². The third-order valence-corrected chi connectivity index (χ3v) is 4.89. The van der Waals surface area contributed by atoms with Gasteiger partial charge in [0.05, 0.1) is 23.5 Å². The van der Waals surface area contributed by atoms with Crippen LogP contribution < -0.4 is 5.32 Å². The molecule has 7 heteroatoms. The van der Waals surface area contributed by atoms with Gasteiger partial charge in [0.25, 0.3) is 5.91 Å². The largest absolute Gasteiger partial charge is 0.342 e. The number of carbonyl (C=O) groups is 1. The smallest absolute Gasteiger partial charge is 0.255 e. The third-order valence-electron chi connectivity index (χ3n) is 4.89. The van der Waals surface area contributed by atoms with Gasteiger partial charge in [-0.25, -0.2) is 0 Å². The van der Waals surface area contributed by atoms with Crippen molar-refractivity contribution in [1.29, 1.82) is 0 Å². The van der Waals surface area contributed by atoms with Crippen molar-refractivity contribution in [3.63, 3.8) is 0 Å². The fraction of sp³-hybridized carbons (Fsp3) is 0.368. The fourth-order valence-corrected chi connectivity index (χ4v) is 3.48. The minimum atomic E-state index is -0.202. The third kappa shape index (κ3) is 3.00. The van der Waals surface area contributed by atoms with Crippen molar-refractivity contribution in [3.05, 3.63) is 65.0 Å². The van der Waals surface area contributed by atoms with Gasteiger partial charge in [-0.1, -0.05) is 30.3 Å². The SMILES string of the molecule is CC(NC(=O)c1cnn(C)c1Cc1ccccc1)c1nnc2n1CCC2. The minimum Gasteiger partial charge on any atom is -0.342 e. The number of aryl methyl sites for hydroxylation is 2. The molecule has 1 aromatic carbocycles. The van der Waals surface area contributed by atoms with E-state index in [1.165, 1.54) is 0 Å². The molecule has 1 aliphatic rings. The number of rotatable bonds is 5. The van der Waals surface area contributed by atoms with E-state index < -0.39 is 0 Å². The number of hydrogen-bond donors (Lipinski definition) is 1. The number of amides is 1. The maximum absolute atomic E-state index is 12.9. The number of fused-ring (bicyclic) bond motifs is 1. The van der Waals surface area contributed by atoms with Gasteiger partial charge < -0.3 is 9.88 Å². The Morgan fingerprint density at radius 1 is 1.27 bits per heavy atom. The van der Waals surface area contributed by atoms with Crippen LogP contribution in [0.1, 0.15) is 52.7 Å². The molecule has 0 fully saturated rings. The highest BCUT2D eigenvalue weighted by Crippen LogP contribution is 2.20. The Morgan fingerprint density at radius 3 is 2.88 bits per heavy atom. The molecule has 0 spiro atoms. The molecule has 0 saturated heterocycles. The summed E-state index contributed by atoms with van der Waals surface area (Å²) in [5, 5.41) is 15.8. The predicted octanol–water partition coefficient (Wildman–Crippen LogP) is 2.04. The van der Waals surface area contributed by atoms with Crippen molar-refractivity contribution in [1.82, 2.24) is 29.9 Å². The van der Waals surface area contributed by atoms with Crippen LogP contribution in [0.2, 0.25) is 0 Å². The van der Waals surface area contributed by atoms with Crippen LogP contribution in [0.25, 0.3) is 0 Å². The number of aromatic nitrogens is 5. The van der Waals surface area contributed by atoms with E-state index in [-0.39, 0.29) is 11.9 Å². The van der Waals surface area contributed by atoms with Gasteiger partial charge in [0.1, 0.15) is 5.82 Å². The first-order chi connectivity index (χ1) is 12.6. The summed E-state index contributed by atoms with van der Waals surface area (Å²) >= 11 is 0. The topological polar surface area (TPSA) is 77.6 Å². The van der Waals surface area contributed by atoms with Gasteiger partial charge in [0.2, 0.25) is 0 Å². The lowest BCUT2D eigenvalue weighted by atomic mass is 10.1. The zero-order valence-corrected chi connectivity index (χ0v) is 15.0. The summed E-state index contributed by atoms with van der Waals surface area (Å²) in [7, 11) is 1.86. The lowest BCUT2D eigenvalue weighted by Crippen LogP contribution is -2.29. The average molecular weight is 350 g/mol. The molecule has 1 N–H and O–H groups in total. The molecule has 134 valence electrons. The van der Waals surface area contributed by atoms with Crippen molar-refractivity contribution in [2.24, 2.45) is 7.05 Å². The van der Waals surface area contributed by atoms with E-state index in [0.717, 1.165) is 42.3 Å². The molecular weight excluding hydrogens is 328 g/mol. The molecule has 0 bridgehead atoms. The molecule has 1 unspecified atom stereocenters. The molecule has 2 aromatic heterocycles. The van der Waals surface area contributed by atoms with E-state index in [1.807, 2.05) is 32.2 Å². The van der Waals surface area contributed by atoms with Crippen LogP contribution >= 0.6 is 0 Å². The highest BCUT2D eigenvalue weighted by atomic mass is 16.1. The molecule has 0 aliphatic carbocycles. The predicted molar refractivity (Wildman–Crippen MR) is 96.7 cm³/mol. The zero-order valence-electron chi connectivity index (χ0n) is 15.0. The number of nitrogens with one attached hydrogen (secondary N) is 1. The monoisotopic (exact) mass is 350 g/mol. The summed E-state index contributed by atoms with van der Waals surface area (Å²) in [5.41, 5.74) is 2.64. The summed E-state index contributed by atoms with van der Waals surface area (Å²) in [6.45, 7) is 2.87. The molecule has 0 radical (unpaired) electrons. The van der Waals surface area contributed by atoms with Gasteiger partial charge >= 0.3 is 0 Å². The Hall–Kier alpha value is -2.96. The Bertz CT molecular complexity index is 927. The zero-order chi connectivity index (χ0) is 18.1. The van der Waals surface area contributed by atoms with Crippen LogP contribution in [-0.2, 0) is 26.4 Å². The van der Waals surface area contributed by atoms with E-state index in [1.54, 1.807) is 10.9 Å². The van der Waals surface area contributed by atoms with Gasteiger partial charge in [-0.05, 0) is 18.9 Å². The van der Waals surface area contributed by atoms with Gasteiger partial charge in [-0.2, -0.15) is 5.10 Å². The van der Waals surface area contributed by atoms with Crippen molar-refractivity contribution in [3.8, 4) is 0 Å². The molecule has 3 heterocycles. The molecule has 1 atom stereocenters. The molecule has 1 amide bonds. The van der Waals surface area contributed by atoms with Gasteiger partial charge in [-0.3, -0.25) is 9.48 Å². The Morgan fingerprint density at radius 2 is 2.08 bits per heavy atom. The van der Waals surface area contributed by atoms with Crippen molar-refractivity contribution < 1.29 is 4.79 Å². The quantitative estimate of drug-likeness (QED) is 0.764. The Labute approximate surface area is 152 Å². The summed E-state index contributed by atoms with van der Waals surface area (Å²) in [6, 6.07) is 9.89. The van der Waals surface area contributed by atoms with Crippen molar-refractivity contribution in [2.75, 3.05) is 0 Å². The first-order valence-corrected chi connectivity index (χ1v) is 8.91. The number of nitrogens with zero attached hydrogens (tertiary/aromatic N) is 5. The van der Waals surface area contributed by atoms with Crippen molar-refractivity contribution in [2.45, 2.75) is 38.8 Å². The van der Waals surface area contributed by atoms with E-state index in [4.69, 9.17) is 0 Å². The first-order valence-electron chi connectivity index (χ1n) is 8.91. The van der Waals surface area contributed by atoms with Gasteiger partial charge in [0.15, 0.2) is 5.82 Å². The molecule has 3 aromatic rings. The van der Waals surface area contributed by atoms with Gasteiger partial charge in [0, 0.05) is 26.4 Å². The summed E-state index contributed by atoms with van der Waals surface area (Å²) in [6.07, 6.45) is 4.34.